The number of rotatable bonds is 4. The predicted molar refractivity (Wildman–Crippen MR) is 128 cm³/mol. The summed E-state index contributed by atoms with van der Waals surface area (Å²) in [5.41, 5.74) is 3.99. The van der Waals surface area contributed by atoms with Crippen LogP contribution in [0.25, 0.3) is 11.3 Å². The Labute approximate surface area is 200 Å². The second-order valence-corrected chi connectivity index (χ2v) is 8.60. The van der Waals surface area contributed by atoms with Crippen molar-refractivity contribution < 1.29 is 14.4 Å². The van der Waals surface area contributed by atoms with Crippen LogP contribution in [-0.4, -0.2) is 57.8 Å². The minimum Gasteiger partial charge on any atom is -0.327 e. The monoisotopic (exact) mass is 476 g/mol. The van der Waals surface area contributed by atoms with E-state index in [1.165, 1.54) is 0 Å². The summed E-state index contributed by atoms with van der Waals surface area (Å²) in [4.78, 5) is 48.3. The van der Waals surface area contributed by atoms with Gasteiger partial charge in [0, 0.05) is 46.7 Å². The van der Waals surface area contributed by atoms with Gasteiger partial charge in [0.25, 0.3) is 5.91 Å². The molecule has 3 heterocycles. The lowest BCUT2D eigenvalue weighted by molar-refractivity contribution is -0.121. The zero-order valence-corrected chi connectivity index (χ0v) is 18.9. The van der Waals surface area contributed by atoms with Gasteiger partial charge >= 0.3 is 0 Å². The van der Waals surface area contributed by atoms with E-state index in [2.05, 4.69) is 20.6 Å². The summed E-state index contributed by atoms with van der Waals surface area (Å²) in [5.74, 6) is 0.0920. The number of carbonyl (C=O) groups is 3. The molecule has 5 rings (SSSR count). The standard InChI is InChI=1S/C24H21ClN6O3/c25-17-4-7-19-20(11-17)28-21(33)10-16-12-26-24(29-22(16)19)27-18-5-2-15(3-6-18)23(34)31-9-1-8-30(13-31)14-32/h2-7,11-12,14H,1,8-10,13H2,(H,28,33)(H,26,27,29). The van der Waals surface area contributed by atoms with E-state index >= 15 is 0 Å². The maximum atomic E-state index is 12.8. The molecule has 34 heavy (non-hydrogen) atoms. The maximum absolute atomic E-state index is 12.8. The summed E-state index contributed by atoms with van der Waals surface area (Å²) >= 11 is 6.10. The molecule has 0 radical (unpaired) electrons. The molecule has 0 aliphatic carbocycles. The molecule has 172 valence electrons. The summed E-state index contributed by atoms with van der Waals surface area (Å²) in [6.07, 6.45) is 3.33. The van der Waals surface area contributed by atoms with Gasteiger partial charge in [-0.15, -0.1) is 0 Å². The van der Waals surface area contributed by atoms with Crippen LogP contribution in [0.5, 0.6) is 0 Å². The Morgan fingerprint density at radius 2 is 1.97 bits per heavy atom. The van der Waals surface area contributed by atoms with Crippen molar-refractivity contribution in [3.05, 3.63) is 64.8 Å². The van der Waals surface area contributed by atoms with Gasteiger partial charge in [-0.3, -0.25) is 14.4 Å². The average Bonchev–Trinajstić information content (AvgIpc) is 2.98. The van der Waals surface area contributed by atoms with Crippen LogP contribution in [-0.2, 0) is 16.0 Å². The maximum Gasteiger partial charge on any atom is 0.255 e. The second-order valence-electron chi connectivity index (χ2n) is 8.17. The van der Waals surface area contributed by atoms with E-state index in [-0.39, 0.29) is 18.2 Å². The zero-order valence-electron chi connectivity index (χ0n) is 18.1. The first-order valence-corrected chi connectivity index (χ1v) is 11.2. The highest BCUT2D eigenvalue weighted by Gasteiger charge is 2.23. The lowest BCUT2D eigenvalue weighted by Crippen LogP contribution is -2.46. The quantitative estimate of drug-likeness (QED) is 0.559. The molecule has 0 atom stereocenters. The van der Waals surface area contributed by atoms with Crippen LogP contribution >= 0.6 is 11.6 Å². The van der Waals surface area contributed by atoms with Crippen LogP contribution in [0.2, 0.25) is 5.02 Å². The number of hydrogen-bond donors (Lipinski definition) is 2. The molecule has 2 N–H and O–H groups in total. The van der Waals surface area contributed by atoms with Crippen molar-refractivity contribution in [2.24, 2.45) is 0 Å². The molecule has 0 unspecified atom stereocenters. The molecule has 2 aliphatic heterocycles. The lowest BCUT2D eigenvalue weighted by atomic mass is 10.1. The molecule has 1 aromatic heterocycles. The summed E-state index contributed by atoms with van der Waals surface area (Å²) in [6.45, 7) is 1.59. The highest BCUT2D eigenvalue weighted by Crippen LogP contribution is 2.34. The van der Waals surface area contributed by atoms with Gasteiger partial charge in [0.2, 0.25) is 18.3 Å². The van der Waals surface area contributed by atoms with Gasteiger partial charge in [0.1, 0.15) is 0 Å². The fourth-order valence-corrected chi connectivity index (χ4v) is 4.28. The Morgan fingerprint density at radius 1 is 1.15 bits per heavy atom. The minimum absolute atomic E-state index is 0.119. The molecule has 10 heteroatoms. The van der Waals surface area contributed by atoms with Crippen molar-refractivity contribution in [3.8, 4) is 11.3 Å². The van der Waals surface area contributed by atoms with Crippen LogP contribution in [0.1, 0.15) is 22.3 Å². The third-order valence-electron chi connectivity index (χ3n) is 5.78. The van der Waals surface area contributed by atoms with Gasteiger partial charge in [-0.2, -0.15) is 0 Å². The Kier molecular flexibility index (Phi) is 5.85. The van der Waals surface area contributed by atoms with Crippen molar-refractivity contribution in [2.75, 3.05) is 30.4 Å². The molecule has 1 fully saturated rings. The number of benzene rings is 2. The number of hydrogen-bond acceptors (Lipinski definition) is 6. The van der Waals surface area contributed by atoms with Gasteiger partial charge in [0.15, 0.2) is 0 Å². The molecule has 3 amide bonds. The molecule has 0 saturated carbocycles. The molecule has 3 aromatic rings. The van der Waals surface area contributed by atoms with Crippen LogP contribution in [0.3, 0.4) is 0 Å². The molecular formula is C24H21ClN6O3. The van der Waals surface area contributed by atoms with Gasteiger partial charge in [-0.1, -0.05) is 11.6 Å². The molecule has 1 saturated heterocycles. The Balaban J connectivity index is 1.36. The topological polar surface area (TPSA) is 108 Å². The number of nitrogens with one attached hydrogen (secondary N) is 2. The average molecular weight is 477 g/mol. The van der Waals surface area contributed by atoms with E-state index in [1.807, 2.05) is 6.07 Å². The highest BCUT2D eigenvalue weighted by molar-refractivity contribution is 6.31. The largest absolute Gasteiger partial charge is 0.327 e. The Hall–Kier alpha value is -3.98. The fraction of sp³-hybridized carbons (Fsp3) is 0.208. The van der Waals surface area contributed by atoms with Gasteiger partial charge in [-0.25, -0.2) is 9.97 Å². The van der Waals surface area contributed by atoms with E-state index in [1.54, 1.807) is 52.4 Å². The number of nitrogens with zero attached hydrogens (tertiary/aromatic N) is 4. The lowest BCUT2D eigenvalue weighted by Gasteiger charge is -2.33. The van der Waals surface area contributed by atoms with Gasteiger partial charge in [-0.05, 0) is 48.9 Å². The van der Waals surface area contributed by atoms with Crippen molar-refractivity contribution in [2.45, 2.75) is 12.8 Å². The molecule has 0 spiro atoms. The van der Waals surface area contributed by atoms with Gasteiger partial charge in [0.05, 0.1) is 24.5 Å². The first kappa shape index (κ1) is 21.8. The van der Waals surface area contributed by atoms with E-state index in [0.29, 0.717) is 53.4 Å². The number of halogens is 1. The predicted octanol–water partition coefficient (Wildman–Crippen LogP) is 3.30. The first-order chi connectivity index (χ1) is 16.5. The summed E-state index contributed by atoms with van der Waals surface area (Å²) in [7, 11) is 0. The number of amides is 3. The summed E-state index contributed by atoms with van der Waals surface area (Å²) < 4.78 is 0. The van der Waals surface area contributed by atoms with Crippen LogP contribution in [0, 0.1) is 0 Å². The molecule has 0 bridgehead atoms. The van der Waals surface area contributed by atoms with Crippen LogP contribution in [0.15, 0.2) is 48.7 Å². The van der Waals surface area contributed by atoms with E-state index in [9.17, 15) is 14.4 Å². The highest BCUT2D eigenvalue weighted by atomic mass is 35.5. The molecule has 9 nitrogen and oxygen atoms in total. The Bertz CT molecular complexity index is 1280. The number of carbonyl (C=O) groups excluding carboxylic acids is 3. The van der Waals surface area contributed by atoms with Crippen molar-refractivity contribution >= 4 is 47.1 Å². The van der Waals surface area contributed by atoms with E-state index in [0.717, 1.165) is 24.0 Å². The van der Waals surface area contributed by atoms with Crippen molar-refractivity contribution in [1.82, 2.24) is 19.8 Å². The van der Waals surface area contributed by atoms with Crippen molar-refractivity contribution in [1.29, 1.82) is 0 Å². The minimum atomic E-state index is -0.156. The molecule has 2 aromatic carbocycles. The van der Waals surface area contributed by atoms with Gasteiger partial charge < -0.3 is 20.4 Å². The summed E-state index contributed by atoms with van der Waals surface area (Å²) in [6, 6.07) is 12.3. The first-order valence-electron chi connectivity index (χ1n) is 10.8. The SMILES string of the molecule is O=CN1CCCN(C(=O)c2ccc(Nc3ncc4c(n3)-c3ccc(Cl)cc3NC(=O)C4)cc2)C1. The smallest absolute Gasteiger partial charge is 0.255 e. The van der Waals surface area contributed by atoms with Crippen LogP contribution in [0.4, 0.5) is 17.3 Å². The second kappa shape index (κ2) is 9.11. The number of aromatic nitrogens is 2. The van der Waals surface area contributed by atoms with E-state index in [4.69, 9.17) is 11.6 Å². The number of fused-ring (bicyclic) bond motifs is 3. The Morgan fingerprint density at radius 3 is 2.76 bits per heavy atom. The zero-order chi connectivity index (χ0) is 23.7. The van der Waals surface area contributed by atoms with Crippen molar-refractivity contribution in [3.63, 3.8) is 0 Å². The number of anilines is 3. The molecule has 2 aliphatic rings. The van der Waals surface area contributed by atoms with Crippen LogP contribution < -0.4 is 10.6 Å². The molecular weight excluding hydrogens is 456 g/mol. The fourth-order valence-electron chi connectivity index (χ4n) is 4.11. The van der Waals surface area contributed by atoms with E-state index < -0.39 is 0 Å². The normalized spacial score (nSPS) is 15.0. The summed E-state index contributed by atoms with van der Waals surface area (Å²) in [5, 5.41) is 6.54. The third kappa shape index (κ3) is 4.42. The third-order valence-corrected chi connectivity index (χ3v) is 6.01.